The number of benzene rings is 9. The average molecular weight is 710 g/mol. The lowest BCUT2D eigenvalue weighted by molar-refractivity contribution is 1.07. The quantitative estimate of drug-likeness (QED) is 0.179. The molecule has 0 N–H and O–H groups in total. The van der Waals surface area contributed by atoms with Crippen molar-refractivity contribution >= 4 is 21.5 Å². The second kappa shape index (κ2) is 12.0. The second-order valence-electron chi connectivity index (χ2n) is 14.7. The molecule has 0 unspecified atom stereocenters. The second-order valence-corrected chi connectivity index (χ2v) is 14.7. The average Bonchev–Trinajstić information content (AvgIpc) is 3.79. The first-order valence-electron chi connectivity index (χ1n) is 19.1. The molecule has 0 saturated heterocycles. The molecular formula is C53H31N3. The summed E-state index contributed by atoms with van der Waals surface area (Å²) in [5.74, 6) is 1.94. The Kier molecular flexibility index (Phi) is 6.63. The van der Waals surface area contributed by atoms with Crippen molar-refractivity contribution in [3.05, 3.63) is 188 Å². The molecule has 0 saturated carbocycles. The third-order valence-corrected chi connectivity index (χ3v) is 11.7. The normalized spacial score (nSPS) is 11.9. The van der Waals surface area contributed by atoms with Crippen LogP contribution in [-0.4, -0.2) is 15.0 Å². The van der Waals surface area contributed by atoms with Crippen LogP contribution in [0.15, 0.2) is 188 Å². The van der Waals surface area contributed by atoms with Crippen LogP contribution in [0, 0.1) is 0 Å². The Hall–Kier alpha value is -7.49. The number of hydrogen-bond acceptors (Lipinski definition) is 3. The van der Waals surface area contributed by atoms with E-state index in [4.69, 9.17) is 15.0 Å². The van der Waals surface area contributed by atoms with E-state index in [0.717, 1.165) is 27.8 Å². The highest BCUT2D eigenvalue weighted by molar-refractivity contribution is 6.19. The molecule has 3 nitrogen and oxygen atoms in total. The summed E-state index contributed by atoms with van der Waals surface area (Å²) >= 11 is 0. The minimum absolute atomic E-state index is 0.646. The van der Waals surface area contributed by atoms with Gasteiger partial charge in [-0.1, -0.05) is 188 Å². The largest absolute Gasteiger partial charge is 0.208 e. The van der Waals surface area contributed by atoms with Crippen LogP contribution >= 0.6 is 0 Å². The van der Waals surface area contributed by atoms with Gasteiger partial charge in [-0.25, -0.2) is 15.0 Å². The zero-order valence-electron chi connectivity index (χ0n) is 30.2. The van der Waals surface area contributed by atoms with Crippen molar-refractivity contribution in [2.75, 3.05) is 0 Å². The Morgan fingerprint density at radius 2 is 0.500 bits per heavy atom. The van der Waals surface area contributed by atoms with Crippen LogP contribution in [0.4, 0.5) is 0 Å². The summed E-state index contributed by atoms with van der Waals surface area (Å²) in [7, 11) is 0. The summed E-state index contributed by atoms with van der Waals surface area (Å²) in [5.41, 5.74) is 18.1. The summed E-state index contributed by atoms with van der Waals surface area (Å²) in [4.78, 5) is 15.1. The van der Waals surface area contributed by atoms with Crippen molar-refractivity contribution in [1.29, 1.82) is 0 Å². The van der Waals surface area contributed by atoms with E-state index in [9.17, 15) is 0 Å². The molecule has 9 aromatic carbocycles. The maximum absolute atomic E-state index is 5.09. The predicted octanol–water partition coefficient (Wildman–Crippen LogP) is 13.8. The molecule has 0 bridgehead atoms. The monoisotopic (exact) mass is 709 g/mol. The van der Waals surface area contributed by atoms with Crippen LogP contribution in [0.2, 0.25) is 0 Å². The predicted molar refractivity (Wildman–Crippen MR) is 231 cm³/mol. The van der Waals surface area contributed by atoms with E-state index in [-0.39, 0.29) is 0 Å². The molecule has 0 fully saturated rings. The van der Waals surface area contributed by atoms with Gasteiger partial charge in [0.15, 0.2) is 17.5 Å². The highest BCUT2D eigenvalue weighted by Gasteiger charge is 2.24. The Morgan fingerprint density at radius 1 is 0.196 bits per heavy atom. The van der Waals surface area contributed by atoms with Crippen molar-refractivity contribution in [2.45, 2.75) is 0 Å². The molecule has 0 spiro atoms. The summed E-state index contributed by atoms with van der Waals surface area (Å²) in [6, 6.07) is 67.3. The van der Waals surface area contributed by atoms with E-state index < -0.39 is 0 Å². The lowest BCUT2D eigenvalue weighted by Crippen LogP contribution is -2.00. The lowest BCUT2D eigenvalue weighted by Gasteiger charge is -2.12. The first kappa shape index (κ1) is 30.9. The number of nitrogens with zero attached hydrogens (tertiary/aromatic N) is 3. The van der Waals surface area contributed by atoms with E-state index >= 15 is 0 Å². The number of rotatable bonds is 5. The summed E-state index contributed by atoms with van der Waals surface area (Å²) < 4.78 is 0. The van der Waals surface area contributed by atoms with Crippen LogP contribution in [-0.2, 0) is 0 Å². The number of fused-ring (bicyclic) bond motifs is 6. The maximum Gasteiger partial charge on any atom is 0.164 e. The van der Waals surface area contributed by atoms with Gasteiger partial charge >= 0.3 is 0 Å². The third-order valence-electron chi connectivity index (χ3n) is 11.7. The minimum atomic E-state index is 0.646. The van der Waals surface area contributed by atoms with Gasteiger partial charge in [0.2, 0.25) is 0 Å². The van der Waals surface area contributed by atoms with Crippen molar-refractivity contribution in [3.8, 4) is 101 Å². The maximum atomic E-state index is 5.09. The number of hydrogen-bond donors (Lipinski definition) is 0. The van der Waals surface area contributed by atoms with Crippen molar-refractivity contribution in [1.82, 2.24) is 15.0 Å². The van der Waals surface area contributed by atoms with Gasteiger partial charge in [-0.2, -0.15) is 0 Å². The summed E-state index contributed by atoms with van der Waals surface area (Å²) in [5, 5.41) is 5.19. The van der Waals surface area contributed by atoms with Gasteiger partial charge < -0.3 is 0 Å². The van der Waals surface area contributed by atoms with Crippen LogP contribution < -0.4 is 0 Å². The molecule has 1 aromatic heterocycles. The molecule has 2 aliphatic carbocycles. The van der Waals surface area contributed by atoms with E-state index in [0.29, 0.717) is 17.5 Å². The Labute approximate surface area is 324 Å². The zero-order valence-corrected chi connectivity index (χ0v) is 30.2. The Morgan fingerprint density at radius 3 is 0.911 bits per heavy atom. The molecular weight excluding hydrogens is 679 g/mol. The van der Waals surface area contributed by atoms with Gasteiger partial charge in [-0.15, -0.1) is 0 Å². The first-order chi connectivity index (χ1) is 27.8. The highest BCUT2D eigenvalue weighted by Crippen LogP contribution is 2.50. The van der Waals surface area contributed by atoms with E-state index in [1.54, 1.807) is 0 Å². The molecule has 3 heteroatoms. The van der Waals surface area contributed by atoms with Crippen LogP contribution in [0.5, 0.6) is 0 Å². The van der Waals surface area contributed by atoms with Crippen molar-refractivity contribution in [3.63, 3.8) is 0 Å². The third kappa shape index (κ3) is 4.61. The highest BCUT2D eigenvalue weighted by atomic mass is 15.0. The van der Waals surface area contributed by atoms with E-state index in [1.807, 2.05) is 18.2 Å². The zero-order chi connectivity index (χ0) is 36.7. The summed E-state index contributed by atoms with van der Waals surface area (Å²) in [6.07, 6.45) is 0. The number of aromatic nitrogens is 3. The van der Waals surface area contributed by atoms with E-state index in [2.05, 4.69) is 170 Å². The van der Waals surface area contributed by atoms with Gasteiger partial charge in [-0.05, 0) is 88.3 Å². The molecule has 2 aliphatic rings. The molecule has 258 valence electrons. The SMILES string of the molecule is c1ccc(-c2nc(-c3ccc(-c4ccc5c6c(cccc46)-c4ccccc4-5)cc3)nc(-c3ccc(-c4ccc5c6c(cccc46)-c4ccccc4-5)cc3)n2)cc1. The topological polar surface area (TPSA) is 38.7 Å². The standard InChI is InChI=1S/C53H31N3/c1-2-10-34(11-3-1)51-54-52(35-24-20-32(21-25-35)37-28-30-47-41-14-6-4-12-39(41)45-18-8-16-43(37)49(45)47)56-53(55-51)36-26-22-33(23-27-36)38-29-31-48-42-15-7-5-13-40(42)46-19-9-17-44(38)50(46)48/h1-31H. The van der Waals surface area contributed by atoms with Crippen molar-refractivity contribution < 1.29 is 0 Å². The van der Waals surface area contributed by atoms with Gasteiger partial charge in [0.25, 0.3) is 0 Å². The Balaban J connectivity index is 0.923. The molecule has 0 amide bonds. The van der Waals surface area contributed by atoms with Crippen molar-refractivity contribution in [2.24, 2.45) is 0 Å². The molecule has 0 atom stereocenters. The lowest BCUT2D eigenvalue weighted by atomic mass is 9.94. The fourth-order valence-electron chi connectivity index (χ4n) is 9.07. The van der Waals surface area contributed by atoms with E-state index in [1.165, 1.54) is 77.2 Å². The van der Waals surface area contributed by atoms with Crippen LogP contribution in [0.1, 0.15) is 0 Å². The van der Waals surface area contributed by atoms with Crippen LogP contribution in [0.25, 0.3) is 122 Å². The smallest absolute Gasteiger partial charge is 0.164 e. The Bertz CT molecular complexity index is 2960. The molecule has 0 aliphatic heterocycles. The summed E-state index contributed by atoms with van der Waals surface area (Å²) in [6.45, 7) is 0. The van der Waals surface area contributed by atoms with Gasteiger partial charge in [-0.3, -0.25) is 0 Å². The fourth-order valence-corrected chi connectivity index (χ4v) is 9.07. The molecule has 10 aromatic rings. The minimum Gasteiger partial charge on any atom is -0.208 e. The fraction of sp³-hybridized carbons (Fsp3) is 0. The molecule has 56 heavy (non-hydrogen) atoms. The van der Waals surface area contributed by atoms with Crippen LogP contribution in [0.3, 0.4) is 0 Å². The molecule has 12 rings (SSSR count). The molecule has 0 radical (unpaired) electrons. The van der Waals surface area contributed by atoms with Gasteiger partial charge in [0, 0.05) is 16.7 Å². The van der Waals surface area contributed by atoms with Gasteiger partial charge in [0.05, 0.1) is 0 Å². The van der Waals surface area contributed by atoms with Gasteiger partial charge in [0.1, 0.15) is 0 Å². The first-order valence-corrected chi connectivity index (χ1v) is 19.1. The molecule has 1 heterocycles.